The van der Waals surface area contributed by atoms with E-state index in [1.807, 2.05) is 0 Å². The minimum absolute atomic E-state index is 0.355. The number of unbranched alkanes of at least 4 members (excludes halogenated alkanes) is 7. The van der Waals surface area contributed by atoms with Gasteiger partial charge in [-0.1, -0.05) is 45.4 Å². The van der Waals surface area contributed by atoms with Gasteiger partial charge in [0.2, 0.25) is 0 Å². The monoisotopic (exact) mass is 214 g/mol. The Bertz CT molecular complexity index is 132. The molecule has 0 saturated carbocycles. The Balaban J connectivity index is 2.95. The third-order valence-corrected chi connectivity index (χ3v) is 2.35. The van der Waals surface area contributed by atoms with Crippen LogP contribution in [0.4, 0.5) is 0 Å². The van der Waals surface area contributed by atoms with Crippen molar-refractivity contribution in [3.8, 4) is 0 Å². The molecule has 0 aromatic rings. The molecule has 0 aromatic heterocycles. The van der Waals surface area contributed by atoms with Crippen LogP contribution in [0.1, 0.15) is 58.3 Å². The van der Waals surface area contributed by atoms with Crippen LogP contribution >= 0.6 is 0 Å². The van der Waals surface area contributed by atoms with Gasteiger partial charge in [0.15, 0.2) is 6.79 Å². The van der Waals surface area contributed by atoms with Crippen LogP contribution in [0, 0.1) is 0 Å². The van der Waals surface area contributed by atoms with Gasteiger partial charge in [0.25, 0.3) is 0 Å². The molecule has 0 saturated heterocycles. The lowest BCUT2D eigenvalue weighted by atomic mass is 10.1. The summed E-state index contributed by atoms with van der Waals surface area (Å²) in [6.45, 7) is 2.61. The first kappa shape index (κ1) is 14.5. The minimum Gasteiger partial charge on any atom is -0.476 e. The molecule has 0 radical (unpaired) electrons. The Kier molecular flexibility index (Phi) is 13.1. The Morgan fingerprint density at radius 1 is 0.933 bits per heavy atom. The number of rotatable bonds is 11. The predicted molar refractivity (Wildman–Crippen MR) is 64.7 cm³/mol. The van der Waals surface area contributed by atoms with Crippen molar-refractivity contribution in [3.05, 3.63) is 12.3 Å². The number of methoxy groups -OCH3 is 1. The van der Waals surface area contributed by atoms with E-state index >= 15 is 0 Å². The van der Waals surface area contributed by atoms with E-state index in [1.54, 1.807) is 13.4 Å². The highest BCUT2D eigenvalue weighted by Gasteiger charge is 1.89. The first-order valence-electron chi connectivity index (χ1n) is 6.17. The maximum atomic E-state index is 5.04. The second-order valence-electron chi connectivity index (χ2n) is 3.85. The molecule has 0 N–H and O–H groups in total. The molecule has 0 heterocycles. The fraction of sp³-hybridized carbons (Fsp3) is 0.846. The quantitative estimate of drug-likeness (QED) is 0.290. The molecule has 0 fully saturated rings. The molecule has 0 aliphatic carbocycles. The van der Waals surface area contributed by atoms with Crippen molar-refractivity contribution < 1.29 is 9.47 Å². The number of ether oxygens (including phenoxy) is 2. The van der Waals surface area contributed by atoms with Crippen LogP contribution in [0.5, 0.6) is 0 Å². The summed E-state index contributed by atoms with van der Waals surface area (Å²) in [6.07, 6.45) is 14.5. The molecule has 0 unspecified atom stereocenters. The van der Waals surface area contributed by atoms with E-state index in [2.05, 4.69) is 13.0 Å². The van der Waals surface area contributed by atoms with Crippen molar-refractivity contribution >= 4 is 0 Å². The molecule has 90 valence electrons. The van der Waals surface area contributed by atoms with Gasteiger partial charge in [0.05, 0.1) is 6.26 Å². The predicted octanol–water partition coefficient (Wildman–Crippen LogP) is 4.26. The topological polar surface area (TPSA) is 18.5 Å². The minimum atomic E-state index is 0.355. The molecule has 0 bridgehead atoms. The van der Waals surface area contributed by atoms with Gasteiger partial charge in [-0.25, -0.2) is 0 Å². The Hall–Kier alpha value is -0.500. The first-order valence-corrected chi connectivity index (χ1v) is 6.17. The SMILES string of the molecule is CCCCCCCCCC=COCOC. The summed E-state index contributed by atoms with van der Waals surface area (Å²) < 4.78 is 9.79. The highest BCUT2D eigenvalue weighted by Crippen LogP contribution is 2.08. The number of hydrogen-bond donors (Lipinski definition) is 0. The summed E-state index contributed by atoms with van der Waals surface area (Å²) in [6, 6.07) is 0. The van der Waals surface area contributed by atoms with Gasteiger partial charge in [0.1, 0.15) is 0 Å². The summed E-state index contributed by atoms with van der Waals surface area (Å²) in [4.78, 5) is 0. The summed E-state index contributed by atoms with van der Waals surface area (Å²) in [7, 11) is 1.63. The maximum absolute atomic E-state index is 5.04. The maximum Gasteiger partial charge on any atom is 0.187 e. The largest absolute Gasteiger partial charge is 0.476 e. The van der Waals surface area contributed by atoms with Crippen molar-refractivity contribution in [2.75, 3.05) is 13.9 Å². The highest BCUT2D eigenvalue weighted by molar-refractivity contribution is 4.72. The molecule has 0 aliphatic rings. The van der Waals surface area contributed by atoms with Crippen LogP contribution in [0.2, 0.25) is 0 Å². The normalized spacial score (nSPS) is 11.1. The lowest BCUT2D eigenvalue weighted by molar-refractivity contribution is 0.0196. The fourth-order valence-corrected chi connectivity index (χ4v) is 1.46. The average molecular weight is 214 g/mol. The van der Waals surface area contributed by atoms with Gasteiger partial charge in [-0.3, -0.25) is 0 Å². The van der Waals surface area contributed by atoms with Crippen LogP contribution in [0.25, 0.3) is 0 Å². The summed E-state index contributed by atoms with van der Waals surface area (Å²) in [5, 5.41) is 0. The Labute approximate surface area is 94.7 Å². The van der Waals surface area contributed by atoms with E-state index in [0.717, 1.165) is 6.42 Å². The van der Waals surface area contributed by atoms with Gasteiger partial charge >= 0.3 is 0 Å². The Morgan fingerprint density at radius 3 is 2.27 bits per heavy atom. The van der Waals surface area contributed by atoms with Crippen LogP contribution in [0.15, 0.2) is 12.3 Å². The molecule has 0 aliphatic heterocycles. The molecular weight excluding hydrogens is 188 g/mol. The van der Waals surface area contributed by atoms with Gasteiger partial charge in [-0.2, -0.15) is 0 Å². The van der Waals surface area contributed by atoms with Gasteiger partial charge in [0, 0.05) is 7.11 Å². The molecule has 0 amide bonds. The summed E-state index contributed by atoms with van der Waals surface area (Å²) >= 11 is 0. The second kappa shape index (κ2) is 13.5. The number of hydrogen-bond acceptors (Lipinski definition) is 2. The zero-order chi connectivity index (χ0) is 11.2. The van der Waals surface area contributed by atoms with Gasteiger partial charge < -0.3 is 9.47 Å². The first-order chi connectivity index (χ1) is 7.41. The van der Waals surface area contributed by atoms with Crippen LogP contribution in [-0.2, 0) is 9.47 Å². The zero-order valence-corrected chi connectivity index (χ0v) is 10.3. The molecule has 0 spiro atoms. The molecule has 15 heavy (non-hydrogen) atoms. The molecule has 2 nitrogen and oxygen atoms in total. The smallest absolute Gasteiger partial charge is 0.187 e. The van der Waals surface area contributed by atoms with Crippen molar-refractivity contribution in [1.29, 1.82) is 0 Å². The molecule has 0 atom stereocenters. The average Bonchev–Trinajstić information content (AvgIpc) is 2.26. The van der Waals surface area contributed by atoms with Crippen molar-refractivity contribution in [2.45, 2.75) is 58.3 Å². The summed E-state index contributed by atoms with van der Waals surface area (Å²) in [5.74, 6) is 0. The van der Waals surface area contributed by atoms with E-state index in [0.29, 0.717) is 6.79 Å². The Morgan fingerprint density at radius 2 is 1.60 bits per heavy atom. The van der Waals surface area contributed by atoms with E-state index in [9.17, 15) is 0 Å². The summed E-state index contributed by atoms with van der Waals surface area (Å²) in [5.41, 5.74) is 0. The number of allylic oxidation sites excluding steroid dienone is 1. The highest BCUT2D eigenvalue weighted by atomic mass is 16.7. The third-order valence-electron chi connectivity index (χ3n) is 2.35. The molecule has 0 aromatic carbocycles. The van der Waals surface area contributed by atoms with Gasteiger partial charge in [-0.15, -0.1) is 0 Å². The van der Waals surface area contributed by atoms with Gasteiger partial charge in [-0.05, 0) is 18.9 Å². The lowest BCUT2D eigenvalue weighted by Gasteiger charge is -1.99. The standard InChI is InChI=1S/C13H26O2/c1-3-4-5-6-7-8-9-10-11-12-15-13-14-2/h11-12H,3-10,13H2,1-2H3. The third kappa shape index (κ3) is 13.5. The van der Waals surface area contributed by atoms with Crippen LogP contribution < -0.4 is 0 Å². The van der Waals surface area contributed by atoms with Crippen LogP contribution in [-0.4, -0.2) is 13.9 Å². The molecular formula is C13H26O2. The van der Waals surface area contributed by atoms with Crippen molar-refractivity contribution in [3.63, 3.8) is 0 Å². The van der Waals surface area contributed by atoms with Crippen molar-refractivity contribution in [2.24, 2.45) is 0 Å². The van der Waals surface area contributed by atoms with E-state index in [-0.39, 0.29) is 0 Å². The molecule has 0 rings (SSSR count). The zero-order valence-electron chi connectivity index (χ0n) is 10.3. The van der Waals surface area contributed by atoms with Crippen LogP contribution in [0.3, 0.4) is 0 Å². The van der Waals surface area contributed by atoms with E-state index in [1.165, 1.54) is 44.9 Å². The lowest BCUT2D eigenvalue weighted by Crippen LogP contribution is -1.87. The second-order valence-corrected chi connectivity index (χ2v) is 3.85. The van der Waals surface area contributed by atoms with E-state index < -0.39 is 0 Å². The molecule has 2 heteroatoms. The van der Waals surface area contributed by atoms with E-state index in [4.69, 9.17) is 9.47 Å². The fourth-order valence-electron chi connectivity index (χ4n) is 1.46. The van der Waals surface area contributed by atoms with Crippen molar-refractivity contribution in [1.82, 2.24) is 0 Å².